The molecule has 0 fully saturated rings. The zero-order valence-electron chi connectivity index (χ0n) is 9.87. The highest BCUT2D eigenvalue weighted by Crippen LogP contribution is 2.26. The van der Waals surface area contributed by atoms with Crippen LogP contribution in [0.25, 0.3) is 11.3 Å². The first-order valence-corrected chi connectivity index (χ1v) is 5.54. The molecule has 17 heavy (non-hydrogen) atoms. The third-order valence-electron chi connectivity index (χ3n) is 2.56. The van der Waals surface area contributed by atoms with Crippen LogP contribution in [0.3, 0.4) is 0 Å². The van der Waals surface area contributed by atoms with Gasteiger partial charge in [-0.3, -0.25) is 0 Å². The third-order valence-corrected chi connectivity index (χ3v) is 2.56. The predicted octanol–water partition coefficient (Wildman–Crippen LogP) is 3.02. The van der Waals surface area contributed by atoms with Gasteiger partial charge < -0.3 is 5.32 Å². The van der Waals surface area contributed by atoms with Gasteiger partial charge >= 0.3 is 0 Å². The Morgan fingerprint density at radius 2 is 2.00 bits per heavy atom. The maximum Gasteiger partial charge on any atom is 0.132 e. The molecule has 0 spiro atoms. The number of aromatic nitrogens is 2. The number of rotatable bonds is 3. The van der Waals surface area contributed by atoms with E-state index in [4.69, 9.17) is 0 Å². The van der Waals surface area contributed by atoms with Crippen LogP contribution in [0.5, 0.6) is 0 Å². The minimum atomic E-state index is -0.267. The van der Waals surface area contributed by atoms with Crippen molar-refractivity contribution in [2.75, 3.05) is 11.9 Å². The van der Waals surface area contributed by atoms with E-state index in [1.807, 2.05) is 13.8 Å². The molecule has 0 aliphatic carbocycles. The summed E-state index contributed by atoms with van der Waals surface area (Å²) in [5.74, 6) is 0.484. The Labute approximate surface area is 99.7 Å². The number of hydrogen-bond donors (Lipinski definition) is 1. The topological polar surface area (TPSA) is 37.8 Å². The second-order valence-electron chi connectivity index (χ2n) is 3.71. The van der Waals surface area contributed by atoms with E-state index in [1.54, 1.807) is 18.2 Å². The summed E-state index contributed by atoms with van der Waals surface area (Å²) in [5, 5.41) is 3.13. The number of hydrogen-bond acceptors (Lipinski definition) is 3. The molecule has 2 aromatic rings. The zero-order chi connectivity index (χ0) is 12.3. The second-order valence-corrected chi connectivity index (χ2v) is 3.71. The Bertz CT molecular complexity index is 526. The van der Waals surface area contributed by atoms with Gasteiger partial charge in [-0.25, -0.2) is 14.4 Å². The van der Waals surface area contributed by atoms with Gasteiger partial charge in [0.2, 0.25) is 0 Å². The number of halogens is 1. The van der Waals surface area contributed by atoms with Crippen molar-refractivity contribution in [1.82, 2.24) is 9.97 Å². The Hall–Kier alpha value is -1.97. The van der Waals surface area contributed by atoms with Gasteiger partial charge in [-0.1, -0.05) is 12.1 Å². The molecule has 0 bridgehead atoms. The summed E-state index contributed by atoms with van der Waals surface area (Å²) < 4.78 is 13.7. The summed E-state index contributed by atoms with van der Waals surface area (Å²) in [7, 11) is 0. The Balaban J connectivity index is 2.53. The van der Waals surface area contributed by atoms with Crippen molar-refractivity contribution in [3.8, 4) is 11.3 Å². The van der Waals surface area contributed by atoms with E-state index >= 15 is 0 Å². The van der Waals surface area contributed by atoms with Crippen LogP contribution in [-0.4, -0.2) is 16.5 Å². The first-order chi connectivity index (χ1) is 8.24. The smallest absolute Gasteiger partial charge is 0.132 e. The summed E-state index contributed by atoms with van der Waals surface area (Å²) in [6, 6.07) is 6.62. The van der Waals surface area contributed by atoms with Gasteiger partial charge in [-0.05, 0) is 26.0 Å². The van der Waals surface area contributed by atoms with Crippen molar-refractivity contribution in [3.05, 3.63) is 42.0 Å². The van der Waals surface area contributed by atoms with Crippen LogP contribution in [0.1, 0.15) is 12.5 Å². The fraction of sp³-hybridized carbons (Fsp3) is 0.231. The largest absolute Gasteiger partial charge is 0.370 e. The van der Waals surface area contributed by atoms with Gasteiger partial charge in [0.25, 0.3) is 0 Å². The molecule has 1 heterocycles. The second kappa shape index (κ2) is 4.91. The molecule has 2 rings (SSSR count). The lowest BCUT2D eigenvalue weighted by Gasteiger charge is -2.10. The Kier molecular flexibility index (Phi) is 3.32. The van der Waals surface area contributed by atoms with Crippen molar-refractivity contribution >= 4 is 5.82 Å². The molecule has 0 saturated heterocycles. The average molecular weight is 231 g/mol. The van der Waals surface area contributed by atoms with E-state index in [2.05, 4.69) is 15.3 Å². The van der Waals surface area contributed by atoms with Crippen LogP contribution in [0.2, 0.25) is 0 Å². The van der Waals surface area contributed by atoms with E-state index in [1.165, 1.54) is 12.4 Å². The van der Waals surface area contributed by atoms with Crippen molar-refractivity contribution in [3.63, 3.8) is 0 Å². The highest BCUT2D eigenvalue weighted by molar-refractivity contribution is 5.68. The van der Waals surface area contributed by atoms with Crippen molar-refractivity contribution in [1.29, 1.82) is 0 Å². The third kappa shape index (κ3) is 2.25. The molecule has 0 aliphatic heterocycles. The van der Waals surface area contributed by atoms with Gasteiger partial charge in [0.05, 0.1) is 5.69 Å². The van der Waals surface area contributed by atoms with Gasteiger partial charge in [-0.15, -0.1) is 0 Å². The molecule has 4 heteroatoms. The molecule has 0 amide bonds. The summed E-state index contributed by atoms with van der Waals surface area (Å²) in [6.45, 7) is 4.65. The van der Waals surface area contributed by atoms with Gasteiger partial charge in [0.15, 0.2) is 0 Å². The van der Waals surface area contributed by atoms with E-state index in [0.717, 1.165) is 17.9 Å². The summed E-state index contributed by atoms with van der Waals surface area (Å²) >= 11 is 0. The molecular weight excluding hydrogens is 217 g/mol. The van der Waals surface area contributed by atoms with Crippen LogP contribution in [0.15, 0.2) is 30.6 Å². The quantitative estimate of drug-likeness (QED) is 0.882. The standard InChI is InChI=1S/C13H14FN3/c1-3-15-13-9(2)12(16-8-17-13)10-6-4-5-7-11(10)14/h4-8H,3H2,1-2H3,(H,15,16,17). The molecule has 1 aromatic heterocycles. The number of nitrogens with one attached hydrogen (secondary N) is 1. The number of anilines is 1. The monoisotopic (exact) mass is 231 g/mol. The van der Waals surface area contributed by atoms with Crippen LogP contribution in [-0.2, 0) is 0 Å². The van der Waals surface area contributed by atoms with Gasteiger partial charge in [0.1, 0.15) is 18.0 Å². The van der Waals surface area contributed by atoms with Crippen LogP contribution >= 0.6 is 0 Å². The lowest BCUT2D eigenvalue weighted by atomic mass is 10.1. The SMILES string of the molecule is CCNc1ncnc(-c2ccccc2F)c1C. The predicted molar refractivity (Wildman–Crippen MR) is 66.3 cm³/mol. The lowest BCUT2D eigenvalue weighted by molar-refractivity contribution is 0.630. The molecule has 0 aliphatic rings. The minimum Gasteiger partial charge on any atom is -0.370 e. The molecule has 1 N–H and O–H groups in total. The molecule has 88 valence electrons. The fourth-order valence-electron chi connectivity index (χ4n) is 1.72. The van der Waals surface area contributed by atoms with Gasteiger partial charge in [0, 0.05) is 17.7 Å². The van der Waals surface area contributed by atoms with E-state index in [0.29, 0.717) is 11.3 Å². The molecule has 1 aromatic carbocycles. The molecule has 0 atom stereocenters. The number of benzene rings is 1. The zero-order valence-corrected chi connectivity index (χ0v) is 9.87. The minimum absolute atomic E-state index is 0.267. The highest BCUT2D eigenvalue weighted by atomic mass is 19.1. The van der Waals surface area contributed by atoms with Crippen LogP contribution < -0.4 is 5.32 Å². The number of nitrogens with zero attached hydrogens (tertiary/aromatic N) is 2. The van der Waals surface area contributed by atoms with E-state index in [-0.39, 0.29) is 5.82 Å². The van der Waals surface area contributed by atoms with Crippen LogP contribution in [0, 0.1) is 12.7 Å². The molecule has 3 nitrogen and oxygen atoms in total. The Morgan fingerprint density at radius 1 is 1.24 bits per heavy atom. The Morgan fingerprint density at radius 3 is 2.71 bits per heavy atom. The summed E-state index contributed by atoms with van der Waals surface area (Å²) in [6.07, 6.45) is 1.45. The molecular formula is C13H14FN3. The van der Waals surface area contributed by atoms with Crippen molar-refractivity contribution in [2.24, 2.45) is 0 Å². The normalized spacial score (nSPS) is 10.3. The fourth-order valence-corrected chi connectivity index (χ4v) is 1.72. The van der Waals surface area contributed by atoms with E-state index < -0.39 is 0 Å². The molecule has 0 saturated carbocycles. The van der Waals surface area contributed by atoms with Crippen molar-refractivity contribution in [2.45, 2.75) is 13.8 Å². The van der Waals surface area contributed by atoms with Crippen LogP contribution in [0.4, 0.5) is 10.2 Å². The first kappa shape index (κ1) is 11.5. The summed E-state index contributed by atoms with van der Waals surface area (Å²) in [5.41, 5.74) is 2.00. The average Bonchev–Trinajstić information content (AvgIpc) is 2.33. The lowest BCUT2D eigenvalue weighted by Crippen LogP contribution is -2.04. The van der Waals surface area contributed by atoms with E-state index in [9.17, 15) is 4.39 Å². The molecule has 0 unspecified atom stereocenters. The highest BCUT2D eigenvalue weighted by Gasteiger charge is 2.11. The maximum atomic E-state index is 13.7. The maximum absolute atomic E-state index is 13.7. The molecule has 0 radical (unpaired) electrons. The van der Waals surface area contributed by atoms with Gasteiger partial charge in [-0.2, -0.15) is 0 Å². The first-order valence-electron chi connectivity index (χ1n) is 5.54. The van der Waals surface area contributed by atoms with Crippen molar-refractivity contribution < 1.29 is 4.39 Å². The summed E-state index contributed by atoms with van der Waals surface area (Å²) in [4.78, 5) is 8.30.